The summed E-state index contributed by atoms with van der Waals surface area (Å²) in [7, 11) is 1.52. The first kappa shape index (κ1) is 24.4. The highest BCUT2D eigenvalue weighted by atomic mass is 35.5. The molecule has 1 aliphatic heterocycles. The Labute approximate surface area is 207 Å². The summed E-state index contributed by atoms with van der Waals surface area (Å²) >= 11 is 6.00. The van der Waals surface area contributed by atoms with E-state index in [1.807, 2.05) is 12.1 Å². The maximum atomic E-state index is 13.3. The summed E-state index contributed by atoms with van der Waals surface area (Å²) in [5, 5.41) is 3.88. The zero-order chi connectivity index (χ0) is 24.8. The standard InChI is InChI=1S/C25H24ClFN4O4/c1-34-13-12-30-24(32)14-23(31(25(30)33)16-17-2-4-18(26)5-3-17)29-19-6-8-20(9-7-19)35-21-10-11-22(27)28-15-21/h2-11,15,23,29H,12-14,16H2,1H3. The SMILES string of the molecule is COCCN1C(=O)CC(Nc2ccc(Oc3ccc(F)nc3)cc2)N(Cc2ccc(Cl)cc2)C1=O. The van der Waals surface area contributed by atoms with Crippen LogP contribution < -0.4 is 10.1 Å². The van der Waals surface area contributed by atoms with E-state index in [4.69, 9.17) is 21.1 Å². The number of pyridine rings is 1. The summed E-state index contributed by atoms with van der Waals surface area (Å²) in [6.07, 6.45) is 0.838. The molecule has 0 spiro atoms. The number of nitrogens with zero attached hydrogens (tertiary/aromatic N) is 3. The Hall–Kier alpha value is -3.69. The Morgan fingerprint density at radius 1 is 1.06 bits per heavy atom. The molecule has 8 nitrogen and oxygen atoms in total. The first-order valence-corrected chi connectivity index (χ1v) is 11.3. The molecule has 3 amide bonds. The minimum absolute atomic E-state index is 0.0997. The largest absolute Gasteiger partial charge is 0.456 e. The Bertz CT molecular complexity index is 1160. The van der Waals surface area contributed by atoms with Gasteiger partial charge in [0.05, 0.1) is 25.8 Å². The lowest BCUT2D eigenvalue weighted by Gasteiger charge is -2.40. The lowest BCUT2D eigenvalue weighted by atomic mass is 10.1. The van der Waals surface area contributed by atoms with E-state index in [0.717, 1.165) is 5.56 Å². The van der Waals surface area contributed by atoms with Gasteiger partial charge in [-0.05, 0) is 54.1 Å². The van der Waals surface area contributed by atoms with E-state index in [0.29, 0.717) is 28.8 Å². The van der Waals surface area contributed by atoms with Crippen LogP contribution in [0.25, 0.3) is 0 Å². The van der Waals surface area contributed by atoms with Gasteiger partial charge in [0.2, 0.25) is 11.9 Å². The van der Waals surface area contributed by atoms with E-state index < -0.39 is 18.1 Å². The van der Waals surface area contributed by atoms with E-state index >= 15 is 0 Å². The molecule has 3 aromatic rings. The molecule has 1 unspecified atom stereocenters. The van der Waals surface area contributed by atoms with Crippen molar-refractivity contribution in [1.29, 1.82) is 0 Å². The normalized spacial score (nSPS) is 15.9. The van der Waals surface area contributed by atoms with Crippen molar-refractivity contribution >= 4 is 29.2 Å². The molecule has 1 atom stereocenters. The van der Waals surface area contributed by atoms with Crippen molar-refractivity contribution in [2.24, 2.45) is 0 Å². The second kappa shape index (κ2) is 11.2. The van der Waals surface area contributed by atoms with Crippen LogP contribution in [0.1, 0.15) is 12.0 Å². The minimum Gasteiger partial charge on any atom is -0.456 e. The molecule has 10 heteroatoms. The van der Waals surface area contributed by atoms with Crippen molar-refractivity contribution in [3.8, 4) is 11.5 Å². The number of rotatable bonds is 9. The fourth-order valence-corrected chi connectivity index (χ4v) is 3.77. The monoisotopic (exact) mass is 498 g/mol. The molecule has 4 rings (SSSR count). The number of amides is 3. The van der Waals surface area contributed by atoms with Gasteiger partial charge in [-0.15, -0.1) is 0 Å². The number of urea groups is 1. The second-order valence-corrected chi connectivity index (χ2v) is 8.32. The average molecular weight is 499 g/mol. The highest BCUT2D eigenvalue weighted by Gasteiger charge is 2.38. The predicted molar refractivity (Wildman–Crippen MR) is 129 cm³/mol. The molecular weight excluding hydrogens is 475 g/mol. The maximum absolute atomic E-state index is 13.3. The van der Waals surface area contributed by atoms with E-state index in [1.165, 1.54) is 30.3 Å². The zero-order valence-electron chi connectivity index (χ0n) is 19.0. The number of hydrogen-bond donors (Lipinski definition) is 1. The topological polar surface area (TPSA) is 84.0 Å². The van der Waals surface area contributed by atoms with Crippen molar-refractivity contribution in [2.45, 2.75) is 19.1 Å². The summed E-state index contributed by atoms with van der Waals surface area (Å²) < 4.78 is 23.7. The highest BCUT2D eigenvalue weighted by Crippen LogP contribution is 2.26. The zero-order valence-corrected chi connectivity index (χ0v) is 19.7. The van der Waals surface area contributed by atoms with Gasteiger partial charge >= 0.3 is 6.03 Å². The Morgan fingerprint density at radius 3 is 2.43 bits per heavy atom. The van der Waals surface area contributed by atoms with Crippen molar-refractivity contribution in [3.63, 3.8) is 0 Å². The number of carbonyl (C=O) groups is 2. The van der Waals surface area contributed by atoms with Gasteiger partial charge < -0.3 is 14.8 Å². The van der Waals surface area contributed by atoms with Gasteiger partial charge in [0.15, 0.2) is 0 Å². The van der Waals surface area contributed by atoms with Crippen LogP contribution in [0.15, 0.2) is 66.9 Å². The summed E-state index contributed by atoms with van der Waals surface area (Å²) in [4.78, 5) is 32.4. The lowest BCUT2D eigenvalue weighted by Crippen LogP contribution is -2.59. The molecule has 1 fully saturated rings. The fourth-order valence-electron chi connectivity index (χ4n) is 3.65. The fraction of sp³-hybridized carbons (Fsp3) is 0.240. The van der Waals surface area contributed by atoms with Gasteiger partial charge in [-0.3, -0.25) is 14.6 Å². The Kier molecular flexibility index (Phi) is 7.79. The number of ether oxygens (including phenoxy) is 2. The predicted octanol–water partition coefficient (Wildman–Crippen LogP) is 4.91. The number of carbonyl (C=O) groups excluding carboxylic acids is 2. The van der Waals surface area contributed by atoms with Crippen LogP contribution >= 0.6 is 11.6 Å². The van der Waals surface area contributed by atoms with Gasteiger partial charge in [0.25, 0.3) is 0 Å². The van der Waals surface area contributed by atoms with Gasteiger partial charge in [0, 0.05) is 24.4 Å². The molecule has 0 aliphatic carbocycles. The second-order valence-electron chi connectivity index (χ2n) is 7.88. The smallest absolute Gasteiger partial charge is 0.328 e. The number of benzene rings is 2. The van der Waals surface area contributed by atoms with Crippen molar-refractivity contribution in [1.82, 2.24) is 14.8 Å². The number of aromatic nitrogens is 1. The third kappa shape index (κ3) is 6.26. The molecule has 2 heterocycles. The molecule has 182 valence electrons. The molecule has 0 radical (unpaired) electrons. The number of imide groups is 1. The van der Waals surface area contributed by atoms with Gasteiger partial charge in [-0.1, -0.05) is 23.7 Å². The molecule has 35 heavy (non-hydrogen) atoms. The Balaban J connectivity index is 1.50. The van der Waals surface area contributed by atoms with Crippen LogP contribution in [0.3, 0.4) is 0 Å². The average Bonchev–Trinajstić information content (AvgIpc) is 2.85. The molecular formula is C25H24ClFN4O4. The number of anilines is 1. The molecule has 2 aromatic carbocycles. The van der Waals surface area contributed by atoms with Crippen LogP contribution in [0.5, 0.6) is 11.5 Å². The molecule has 1 aromatic heterocycles. The quantitative estimate of drug-likeness (QED) is 0.422. The summed E-state index contributed by atoms with van der Waals surface area (Å²) in [6, 6.07) is 16.5. The van der Waals surface area contributed by atoms with E-state index in [9.17, 15) is 14.0 Å². The summed E-state index contributed by atoms with van der Waals surface area (Å²) in [5.74, 6) is 0.0717. The third-order valence-electron chi connectivity index (χ3n) is 5.43. The minimum atomic E-state index is -0.586. The van der Waals surface area contributed by atoms with Crippen molar-refractivity contribution < 1.29 is 23.5 Å². The third-order valence-corrected chi connectivity index (χ3v) is 5.68. The lowest BCUT2D eigenvalue weighted by molar-refractivity contribution is -0.133. The van der Waals surface area contributed by atoms with Crippen LogP contribution in [0.4, 0.5) is 14.9 Å². The number of halogens is 2. The molecule has 0 saturated carbocycles. The van der Waals surface area contributed by atoms with Crippen LogP contribution in [-0.4, -0.2) is 53.1 Å². The van der Waals surface area contributed by atoms with E-state index in [1.54, 1.807) is 41.3 Å². The number of methoxy groups -OCH3 is 1. The van der Waals surface area contributed by atoms with Crippen LogP contribution in [-0.2, 0) is 16.1 Å². The van der Waals surface area contributed by atoms with Gasteiger partial charge in [-0.25, -0.2) is 9.78 Å². The molecule has 1 N–H and O–H groups in total. The van der Waals surface area contributed by atoms with E-state index in [-0.39, 0.29) is 25.5 Å². The Morgan fingerprint density at radius 2 is 1.77 bits per heavy atom. The molecule has 0 bridgehead atoms. The first-order valence-electron chi connectivity index (χ1n) is 10.9. The van der Waals surface area contributed by atoms with E-state index in [2.05, 4.69) is 10.3 Å². The molecule has 1 aliphatic rings. The number of nitrogens with one attached hydrogen (secondary N) is 1. The summed E-state index contributed by atoms with van der Waals surface area (Å²) in [5.41, 5.74) is 1.58. The van der Waals surface area contributed by atoms with Crippen LogP contribution in [0.2, 0.25) is 5.02 Å². The first-order chi connectivity index (χ1) is 16.9. The molecule has 1 saturated heterocycles. The van der Waals surface area contributed by atoms with Crippen molar-refractivity contribution in [3.05, 3.63) is 83.4 Å². The maximum Gasteiger partial charge on any atom is 0.328 e. The van der Waals surface area contributed by atoms with Crippen LogP contribution in [0, 0.1) is 5.95 Å². The van der Waals surface area contributed by atoms with Gasteiger partial charge in [-0.2, -0.15) is 4.39 Å². The van der Waals surface area contributed by atoms with Gasteiger partial charge in [0.1, 0.15) is 17.7 Å². The summed E-state index contributed by atoms with van der Waals surface area (Å²) in [6.45, 7) is 0.737. The number of hydrogen-bond acceptors (Lipinski definition) is 6. The highest BCUT2D eigenvalue weighted by molar-refractivity contribution is 6.30. The van der Waals surface area contributed by atoms with Crippen molar-refractivity contribution in [2.75, 3.05) is 25.6 Å².